The Bertz CT molecular complexity index is 539. The minimum Gasteiger partial charge on any atom is -0.409 e. The molecule has 2 rings (SSSR count). The second kappa shape index (κ2) is 7.13. The van der Waals surface area contributed by atoms with Crippen molar-refractivity contribution >= 4 is 39.3 Å². The van der Waals surface area contributed by atoms with Crippen LogP contribution < -0.4 is 5.73 Å². The average Bonchev–Trinajstić information content (AvgIpc) is 2.96. The van der Waals surface area contributed by atoms with Crippen molar-refractivity contribution in [3.8, 4) is 0 Å². The van der Waals surface area contributed by atoms with Crippen molar-refractivity contribution in [1.29, 1.82) is 0 Å². The fourth-order valence-corrected chi connectivity index (χ4v) is 3.49. The molecule has 7 heteroatoms. The molecule has 0 saturated heterocycles. The lowest BCUT2D eigenvalue weighted by Gasteiger charge is -2.28. The molecule has 3 N–H and O–H groups in total. The van der Waals surface area contributed by atoms with Gasteiger partial charge in [-0.15, -0.1) is 0 Å². The predicted molar refractivity (Wildman–Crippen MR) is 85.9 cm³/mol. The molecule has 5 nitrogen and oxygen atoms in total. The molecule has 1 aromatic carbocycles. The Morgan fingerprint density at radius 3 is 2.67 bits per heavy atom. The molecule has 0 spiro atoms. The molecule has 1 aromatic rings. The summed E-state index contributed by atoms with van der Waals surface area (Å²) < 4.78 is 0.744. The summed E-state index contributed by atoms with van der Waals surface area (Å²) in [5.74, 6) is -0.131. The first-order valence-electron chi connectivity index (χ1n) is 6.74. The van der Waals surface area contributed by atoms with Crippen molar-refractivity contribution in [3.63, 3.8) is 0 Å². The Balaban J connectivity index is 2.28. The van der Waals surface area contributed by atoms with Crippen LogP contribution in [0.2, 0.25) is 5.02 Å². The van der Waals surface area contributed by atoms with Crippen LogP contribution in [0.4, 0.5) is 0 Å². The lowest BCUT2D eigenvalue weighted by atomic mass is 10.1. The fraction of sp³-hybridized carbons (Fsp3) is 0.429. The Hall–Kier alpha value is -1.27. The second-order valence-corrected chi connectivity index (χ2v) is 6.47. The van der Waals surface area contributed by atoms with E-state index in [1.165, 1.54) is 0 Å². The summed E-state index contributed by atoms with van der Waals surface area (Å²) in [4.78, 5) is 14.4. The van der Waals surface area contributed by atoms with Gasteiger partial charge in [-0.05, 0) is 31.0 Å². The number of amidine groups is 1. The van der Waals surface area contributed by atoms with Gasteiger partial charge in [0, 0.05) is 21.1 Å². The van der Waals surface area contributed by atoms with E-state index in [1.54, 1.807) is 23.1 Å². The third-order valence-electron chi connectivity index (χ3n) is 3.60. The zero-order chi connectivity index (χ0) is 15.4. The summed E-state index contributed by atoms with van der Waals surface area (Å²) in [6.45, 7) is 0.115. The van der Waals surface area contributed by atoms with E-state index in [2.05, 4.69) is 21.1 Å². The largest absolute Gasteiger partial charge is 0.409 e. The number of rotatable bonds is 4. The van der Waals surface area contributed by atoms with Crippen molar-refractivity contribution in [2.45, 2.75) is 31.7 Å². The number of hydrogen-bond donors (Lipinski definition) is 2. The molecule has 1 amide bonds. The lowest BCUT2D eigenvalue weighted by Crippen LogP contribution is -2.44. The molecule has 0 radical (unpaired) electrons. The van der Waals surface area contributed by atoms with E-state index in [-0.39, 0.29) is 24.3 Å². The van der Waals surface area contributed by atoms with Gasteiger partial charge in [0.05, 0.1) is 6.54 Å². The Morgan fingerprint density at radius 1 is 1.43 bits per heavy atom. The van der Waals surface area contributed by atoms with Crippen LogP contribution in [0.1, 0.15) is 36.0 Å². The Morgan fingerprint density at radius 2 is 2.10 bits per heavy atom. The van der Waals surface area contributed by atoms with Gasteiger partial charge in [-0.3, -0.25) is 4.79 Å². The quantitative estimate of drug-likeness (QED) is 0.367. The molecule has 1 fully saturated rings. The van der Waals surface area contributed by atoms with Crippen LogP contribution in [0.3, 0.4) is 0 Å². The minimum atomic E-state index is -0.156. The first-order chi connectivity index (χ1) is 10.0. The van der Waals surface area contributed by atoms with Gasteiger partial charge >= 0.3 is 0 Å². The number of nitrogens with zero attached hydrogens (tertiary/aromatic N) is 2. The zero-order valence-corrected chi connectivity index (χ0v) is 13.8. The molecular weight excluding hydrogens is 358 g/mol. The van der Waals surface area contributed by atoms with Gasteiger partial charge in [0.1, 0.15) is 0 Å². The molecule has 1 aliphatic carbocycles. The van der Waals surface area contributed by atoms with Gasteiger partial charge < -0.3 is 15.8 Å². The Labute approximate surface area is 136 Å². The van der Waals surface area contributed by atoms with E-state index < -0.39 is 0 Å². The topological polar surface area (TPSA) is 78.9 Å². The van der Waals surface area contributed by atoms with Crippen LogP contribution in [0.15, 0.2) is 27.8 Å². The van der Waals surface area contributed by atoms with E-state index in [0.717, 1.165) is 30.2 Å². The number of nitrogens with two attached hydrogens (primary N) is 1. The van der Waals surface area contributed by atoms with Crippen LogP contribution in [-0.4, -0.2) is 34.4 Å². The monoisotopic (exact) mass is 373 g/mol. The molecule has 1 aliphatic rings. The summed E-state index contributed by atoms with van der Waals surface area (Å²) >= 11 is 9.34. The molecule has 21 heavy (non-hydrogen) atoms. The van der Waals surface area contributed by atoms with Gasteiger partial charge in [-0.2, -0.15) is 0 Å². The molecule has 114 valence electrons. The maximum atomic E-state index is 12.7. The minimum absolute atomic E-state index is 0.0244. The van der Waals surface area contributed by atoms with E-state index in [0.29, 0.717) is 10.6 Å². The van der Waals surface area contributed by atoms with Crippen molar-refractivity contribution in [3.05, 3.63) is 33.3 Å². The Kier molecular flexibility index (Phi) is 5.47. The maximum Gasteiger partial charge on any atom is 0.254 e. The second-order valence-electron chi connectivity index (χ2n) is 5.12. The molecule has 0 unspecified atom stereocenters. The highest BCUT2D eigenvalue weighted by Crippen LogP contribution is 2.26. The molecule has 1 saturated carbocycles. The number of halogens is 2. The van der Waals surface area contributed by atoms with Crippen LogP contribution in [-0.2, 0) is 0 Å². The number of carbonyl (C=O) groups is 1. The molecular formula is C14H17BrClN3O2. The highest BCUT2D eigenvalue weighted by atomic mass is 79.9. The van der Waals surface area contributed by atoms with Gasteiger partial charge in [0.2, 0.25) is 0 Å². The molecule has 0 heterocycles. The molecule has 0 aromatic heterocycles. The maximum absolute atomic E-state index is 12.7. The first kappa shape index (κ1) is 16.1. The number of carbonyl (C=O) groups excluding carboxylic acids is 1. The smallest absolute Gasteiger partial charge is 0.254 e. The van der Waals surface area contributed by atoms with Gasteiger partial charge in [0.25, 0.3) is 5.91 Å². The summed E-state index contributed by atoms with van der Waals surface area (Å²) in [5, 5.41) is 12.2. The van der Waals surface area contributed by atoms with Crippen LogP contribution >= 0.6 is 27.5 Å². The van der Waals surface area contributed by atoms with E-state index in [1.807, 2.05) is 0 Å². The van der Waals surface area contributed by atoms with Crippen LogP contribution in [0, 0.1) is 0 Å². The van der Waals surface area contributed by atoms with E-state index in [9.17, 15) is 4.79 Å². The molecule has 0 bridgehead atoms. The normalized spacial score (nSPS) is 16.2. The SMILES string of the molecule is N/C(CN(C(=O)c1cc(Cl)cc(Br)c1)C1CCCC1)=N/O. The summed E-state index contributed by atoms with van der Waals surface area (Å²) in [5.41, 5.74) is 6.08. The molecule has 0 atom stereocenters. The van der Waals surface area contributed by atoms with Crippen LogP contribution in [0.25, 0.3) is 0 Å². The summed E-state index contributed by atoms with van der Waals surface area (Å²) in [6, 6.07) is 5.20. The fourth-order valence-electron chi connectivity index (χ4n) is 2.63. The average molecular weight is 375 g/mol. The first-order valence-corrected chi connectivity index (χ1v) is 7.92. The van der Waals surface area contributed by atoms with Crippen molar-refractivity contribution in [2.24, 2.45) is 10.9 Å². The summed E-state index contributed by atoms with van der Waals surface area (Å²) in [6.07, 6.45) is 4.05. The third kappa shape index (κ3) is 4.11. The number of amides is 1. The third-order valence-corrected chi connectivity index (χ3v) is 4.27. The number of benzene rings is 1. The molecule has 0 aliphatic heterocycles. The van der Waals surface area contributed by atoms with Gasteiger partial charge in [-0.1, -0.05) is 45.5 Å². The number of hydrogen-bond acceptors (Lipinski definition) is 3. The van der Waals surface area contributed by atoms with E-state index >= 15 is 0 Å². The van der Waals surface area contributed by atoms with Crippen molar-refractivity contribution in [1.82, 2.24) is 4.90 Å². The van der Waals surface area contributed by atoms with Crippen molar-refractivity contribution < 1.29 is 10.0 Å². The van der Waals surface area contributed by atoms with Gasteiger partial charge in [0.15, 0.2) is 5.84 Å². The lowest BCUT2D eigenvalue weighted by molar-refractivity contribution is 0.0712. The predicted octanol–water partition coefficient (Wildman–Crippen LogP) is 3.23. The highest BCUT2D eigenvalue weighted by molar-refractivity contribution is 9.10. The van der Waals surface area contributed by atoms with E-state index in [4.69, 9.17) is 22.5 Å². The van der Waals surface area contributed by atoms with Crippen LogP contribution in [0.5, 0.6) is 0 Å². The van der Waals surface area contributed by atoms with Crippen molar-refractivity contribution in [2.75, 3.05) is 6.54 Å². The number of oxime groups is 1. The standard InChI is InChI=1S/C14H17BrClN3O2/c15-10-5-9(6-11(16)7-10)14(20)19(8-13(17)18-21)12-3-1-2-4-12/h5-7,12,21H,1-4,8H2,(H2,17,18). The van der Waals surface area contributed by atoms with Gasteiger partial charge in [-0.25, -0.2) is 0 Å². The summed E-state index contributed by atoms with van der Waals surface area (Å²) in [7, 11) is 0. The zero-order valence-electron chi connectivity index (χ0n) is 11.4. The highest BCUT2D eigenvalue weighted by Gasteiger charge is 2.28.